The Kier molecular flexibility index (Phi) is 1.14. The van der Waals surface area contributed by atoms with Crippen LogP contribution in [0.25, 0.3) is 0 Å². The lowest BCUT2D eigenvalue weighted by Gasteiger charge is -2.09. The molecule has 0 spiro atoms. The predicted octanol–water partition coefficient (Wildman–Crippen LogP) is 0.117. The lowest BCUT2D eigenvalue weighted by Crippen LogP contribution is -2.30. The minimum absolute atomic E-state index is 0.428. The molecule has 0 aromatic heterocycles. The van der Waals surface area contributed by atoms with Crippen molar-refractivity contribution in [2.45, 2.75) is 25.7 Å². The highest BCUT2D eigenvalue weighted by Gasteiger charge is 2.77. The second kappa shape index (κ2) is 1.81. The van der Waals surface area contributed by atoms with Crippen LogP contribution in [-0.4, -0.2) is 17.0 Å². The maximum absolute atomic E-state index is 11.0. The summed E-state index contributed by atoms with van der Waals surface area (Å²) < 4.78 is 0. The number of fused-ring (bicyclic) bond motifs is 1. The molecule has 2 fully saturated rings. The van der Waals surface area contributed by atoms with E-state index in [-0.39, 0.29) is 0 Å². The lowest BCUT2D eigenvalue weighted by molar-refractivity contribution is -0.146. The molecule has 0 aromatic carbocycles. The summed E-state index contributed by atoms with van der Waals surface area (Å²) in [5, 5.41) is 8.92. The number of carbonyl (C=O) groups excluding carboxylic acids is 1. The van der Waals surface area contributed by atoms with Crippen LogP contribution in [0.15, 0.2) is 0 Å². The molecule has 2 atom stereocenters. The number of carboxylic acid groups (broad SMARTS) is 1. The number of amides is 1. The molecule has 0 radical (unpaired) electrons. The van der Waals surface area contributed by atoms with Crippen LogP contribution in [0, 0.1) is 10.8 Å². The van der Waals surface area contributed by atoms with Gasteiger partial charge in [0.05, 0.1) is 10.8 Å². The normalized spacial score (nSPS) is 43.7. The zero-order valence-electron chi connectivity index (χ0n) is 6.67. The van der Waals surface area contributed by atoms with Gasteiger partial charge in [0.1, 0.15) is 0 Å². The highest BCUT2D eigenvalue weighted by atomic mass is 16.4. The molecule has 0 aliphatic heterocycles. The van der Waals surface area contributed by atoms with Crippen molar-refractivity contribution in [2.75, 3.05) is 0 Å². The summed E-state index contributed by atoms with van der Waals surface area (Å²) >= 11 is 0. The van der Waals surface area contributed by atoms with E-state index in [0.29, 0.717) is 19.3 Å². The molecule has 0 bridgehead atoms. The molecule has 0 aromatic rings. The third-order valence-corrected chi connectivity index (χ3v) is 3.48. The van der Waals surface area contributed by atoms with Crippen LogP contribution in [0.1, 0.15) is 25.7 Å². The highest BCUT2D eigenvalue weighted by molar-refractivity contribution is 5.96. The van der Waals surface area contributed by atoms with Crippen LogP contribution in [0.3, 0.4) is 0 Å². The van der Waals surface area contributed by atoms with Crippen LogP contribution in [0.2, 0.25) is 0 Å². The summed E-state index contributed by atoms with van der Waals surface area (Å²) in [5.41, 5.74) is 3.73. The summed E-state index contributed by atoms with van der Waals surface area (Å²) in [4.78, 5) is 21.9. The average Bonchev–Trinajstić information content (AvgIpc) is 2.52. The van der Waals surface area contributed by atoms with Crippen molar-refractivity contribution >= 4 is 11.9 Å². The fourth-order valence-corrected chi connectivity index (χ4v) is 2.65. The molecule has 1 amide bonds. The van der Waals surface area contributed by atoms with Crippen LogP contribution >= 0.6 is 0 Å². The van der Waals surface area contributed by atoms with Gasteiger partial charge >= 0.3 is 5.97 Å². The van der Waals surface area contributed by atoms with E-state index in [0.717, 1.165) is 6.42 Å². The molecule has 0 saturated heterocycles. The standard InChI is InChI=1S/C8H11NO3/c9-5(10)7-2-1-3-8(7,4-7)6(11)12/h1-4H2,(H2,9,10)(H,11,12). The van der Waals surface area contributed by atoms with Crippen LogP contribution in [0.4, 0.5) is 0 Å². The van der Waals surface area contributed by atoms with E-state index in [1.807, 2.05) is 0 Å². The fraction of sp³-hybridized carbons (Fsp3) is 0.750. The molecule has 2 aliphatic rings. The van der Waals surface area contributed by atoms with Gasteiger partial charge in [-0.15, -0.1) is 0 Å². The number of rotatable bonds is 2. The molecule has 12 heavy (non-hydrogen) atoms. The molecule has 2 aliphatic carbocycles. The molecular weight excluding hydrogens is 158 g/mol. The van der Waals surface area contributed by atoms with Gasteiger partial charge < -0.3 is 10.8 Å². The predicted molar refractivity (Wildman–Crippen MR) is 40.2 cm³/mol. The molecule has 66 valence electrons. The minimum atomic E-state index is -0.848. The minimum Gasteiger partial charge on any atom is -0.481 e. The number of nitrogens with two attached hydrogens (primary N) is 1. The molecule has 0 heterocycles. The Balaban J connectivity index is 2.34. The fourth-order valence-electron chi connectivity index (χ4n) is 2.65. The number of hydrogen-bond acceptors (Lipinski definition) is 2. The maximum Gasteiger partial charge on any atom is 0.310 e. The zero-order chi connectivity index (χ0) is 8.98. The van der Waals surface area contributed by atoms with E-state index >= 15 is 0 Å². The summed E-state index contributed by atoms with van der Waals surface area (Å²) in [7, 11) is 0. The number of carboxylic acids is 1. The van der Waals surface area contributed by atoms with E-state index in [2.05, 4.69) is 0 Å². The third kappa shape index (κ3) is 0.552. The Morgan fingerprint density at radius 3 is 2.17 bits per heavy atom. The number of hydrogen-bond donors (Lipinski definition) is 2. The Labute approximate surface area is 69.7 Å². The smallest absolute Gasteiger partial charge is 0.310 e. The molecular formula is C8H11NO3. The van der Waals surface area contributed by atoms with E-state index in [4.69, 9.17) is 10.8 Å². The first-order chi connectivity index (χ1) is 5.55. The maximum atomic E-state index is 11.0. The van der Waals surface area contributed by atoms with E-state index < -0.39 is 22.7 Å². The van der Waals surface area contributed by atoms with Gasteiger partial charge in [-0.1, -0.05) is 6.42 Å². The Morgan fingerprint density at radius 2 is 1.83 bits per heavy atom. The number of aliphatic carboxylic acids is 1. The van der Waals surface area contributed by atoms with Crippen LogP contribution < -0.4 is 5.73 Å². The molecule has 2 saturated carbocycles. The summed E-state index contributed by atoms with van der Waals surface area (Å²) in [6.07, 6.45) is 2.56. The Hall–Kier alpha value is -1.06. The highest BCUT2D eigenvalue weighted by Crippen LogP contribution is 2.73. The molecule has 3 N–H and O–H groups in total. The van der Waals surface area contributed by atoms with E-state index in [1.165, 1.54) is 0 Å². The number of primary amides is 1. The summed E-state index contributed by atoms with van der Waals surface area (Å²) in [6.45, 7) is 0. The zero-order valence-corrected chi connectivity index (χ0v) is 6.67. The molecule has 2 rings (SSSR count). The second-order valence-corrected chi connectivity index (χ2v) is 3.86. The second-order valence-electron chi connectivity index (χ2n) is 3.86. The van der Waals surface area contributed by atoms with E-state index in [1.54, 1.807) is 0 Å². The summed E-state index contributed by atoms with van der Waals surface area (Å²) in [5.74, 6) is -1.28. The quantitative estimate of drug-likeness (QED) is 0.616. The van der Waals surface area contributed by atoms with Crippen molar-refractivity contribution in [3.63, 3.8) is 0 Å². The Bertz CT molecular complexity index is 249. The molecule has 2 unspecified atom stereocenters. The number of carbonyl (C=O) groups is 2. The van der Waals surface area contributed by atoms with Crippen molar-refractivity contribution in [1.82, 2.24) is 0 Å². The van der Waals surface area contributed by atoms with Gasteiger partial charge in [-0.05, 0) is 19.3 Å². The third-order valence-electron chi connectivity index (χ3n) is 3.48. The van der Waals surface area contributed by atoms with Crippen molar-refractivity contribution in [1.29, 1.82) is 0 Å². The van der Waals surface area contributed by atoms with Gasteiger partial charge in [0.2, 0.25) is 5.91 Å². The first-order valence-corrected chi connectivity index (χ1v) is 4.08. The first-order valence-electron chi connectivity index (χ1n) is 4.08. The molecule has 4 nitrogen and oxygen atoms in total. The van der Waals surface area contributed by atoms with E-state index in [9.17, 15) is 9.59 Å². The monoisotopic (exact) mass is 169 g/mol. The SMILES string of the molecule is NC(=O)C12CCCC1(C(=O)O)C2. The first kappa shape index (κ1) is 7.58. The van der Waals surface area contributed by atoms with Gasteiger partial charge in [-0.3, -0.25) is 9.59 Å². The van der Waals surface area contributed by atoms with Gasteiger partial charge in [0.25, 0.3) is 0 Å². The van der Waals surface area contributed by atoms with Crippen molar-refractivity contribution < 1.29 is 14.7 Å². The largest absolute Gasteiger partial charge is 0.481 e. The van der Waals surface area contributed by atoms with Crippen molar-refractivity contribution in [2.24, 2.45) is 16.6 Å². The van der Waals surface area contributed by atoms with Gasteiger partial charge in [0.15, 0.2) is 0 Å². The van der Waals surface area contributed by atoms with Crippen LogP contribution in [0.5, 0.6) is 0 Å². The van der Waals surface area contributed by atoms with Crippen LogP contribution in [-0.2, 0) is 9.59 Å². The van der Waals surface area contributed by atoms with Gasteiger partial charge in [-0.25, -0.2) is 0 Å². The summed E-state index contributed by atoms with van der Waals surface area (Å²) in [6, 6.07) is 0. The lowest BCUT2D eigenvalue weighted by atomic mass is 9.96. The Morgan fingerprint density at radius 1 is 1.25 bits per heavy atom. The van der Waals surface area contributed by atoms with Gasteiger partial charge in [-0.2, -0.15) is 0 Å². The molecule has 4 heteroatoms. The topological polar surface area (TPSA) is 80.4 Å². The van der Waals surface area contributed by atoms with Gasteiger partial charge in [0, 0.05) is 0 Å². The average molecular weight is 169 g/mol. The van der Waals surface area contributed by atoms with Crippen molar-refractivity contribution in [3.05, 3.63) is 0 Å². The van der Waals surface area contributed by atoms with Crippen molar-refractivity contribution in [3.8, 4) is 0 Å².